The Morgan fingerprint density at radius 1 is 1.62 bits per heavy atom. The van der Waals surface area contributed by atoms with Crippen LogP contribution >= 0.6 is 0 Å². The van der Waals surface area contributed by atoms with Gasteiger partial charge >= 0.3 is 0 Å². The second-order valence-electron chi connectivity index (χ2n) is 4.53. The van der Waals surface area contributed by atoms with Crippen molar-refractivity contribution in [3.05, 3.63) is 29.8 Å². The Morgan fingerprint density at radius 2 is 2.44 bits per heavy atom. The summed E-state index contributed by atoms with van der Waals surface area (Å²) in [5.41, 5.74) is 0.504. The summed E-state index contributed by atoms with van der Waals surface area (Å²) in [5, 5.41) is 3.36. The van der Waals surface area contributed by atoms with Crippen molar-refractivity contribution < 1.29 is 4.39 Å². The Bertz CT molecular complexity index is 346. The average molecular weight is 223 g/mol. The first kappa shape index (κ1) is 11.5. The van der Waals surface area contributed by atoms with Crippen LogP contribution in [0.1, 0.15) is 19.0 Å². The van der Waals surface area contributed by atoms with Crippen LogP contribution in [0.15, 0.2) is 18.3 Å². The van der Waals surface area contributed by atoms with E-state index in [1.807, 2.05) is 0 Å². The van der Waals surface area contributed by atoms with E-state index >= 15 is 0 Å². The monoisotopic (exact) mass is 223 g/mol. The summed E-state index contributed by atoms with van der Waals surface area (Å²) < 4.78 is 13.3. The highest BCUT2D eigenvalue weighted by Gasteiger charge is 2.25. The fraction of sp³-hybridized carbons (Fsp3) is 0.583. The van der Waals surface area contributed by atoms with Gasteiger partial charge in [-0.05, 0) is 32.5 Å². The standard InChI is InChI=1S/C12H18FN3/c1-9-6-10(8-16(9)2)15-7-12-11(13)4-3-5-14-12/h3-5,9-10,15H,6-8H2,1-2H3. The van der Waals surface area contributed by atoms with Crippen LogP contribution in [0.25, 0.3) is 0 Å². The Balaban J connectivity index is 1.87. The molecule has 1 aromatic rings. The largest absolute Gasteiger partial charge is 0.307 e. The van der Waals surface area contributed by atoms with E-state index in [0.29, 0.717) is 24.3 Å². The summed E-state index contributed by atoms with van der Waals surface area (Å²) in [6, 6.07) is 4.12. The van der Waals surface area contributed by atoms with Crippen molar-refractivity contribution in [1.82, 2.24) is 15.2 Å². The van der Waals surface area contributed by atoms with Crippen LogP contribution < -0.4 is 5.32 Å². The van der Waals surface area contributed by atoms with E-state index in [1.165, 1.54) is 6.07 Å². The lowest BCUT2D eigenvalue weighted by Gasteiger charge is -2.13. The predicted molar refractivity (Wildman–Crippen MR) is 61.5 cm³/mol. The van der Waals surface area contributed by atoms with Gasteiger partial charge in [-0.25, -0.2) is 4.39 Å². The van der Waals surface area contributed by atoms with Crippen LogP contribution in [0, 0.1) is 5.82 Å². The molecule has 2 atom stereocenters. The van der Waals surface area contributed by atoms with Crippen molar-refractivity contribution in [3.63, 3.8) is 0 Å². The highest BCUT2D eigenvalue weighted by Crippen LogP contribution is 2.15. The zero-order chi connectivity index (χ0) is 11.5. The van der Waals surface area contributed by atoms with E-state index in [-0.39, 0.29) is 5.82 Å². The van der Waals surface area contributed by atoms with Crippen LogP contribution in [-0.4, -0.2) is 35.6 Å². The van der Waals surface area contributed by atoms with Crippen LogP contribution in [0.4, 0.5) is 4.39 Å². The molecule has 16 heavy (non-hydrogen) atoms. The molecule has 1 fully saturated rings. The molecule has 3 nitrogen and oxygen atoms in total. The molecule has 0 bridgehead atoms. The van der Waals surface area contributed by atoms with Crippen molar-refractivity contribution in [1.29, 1.82) is 0 Å². The first-order chi connectivity index (χ1) is 7.66. The van der Waals surface area contributed by atoms with Crippen molar-refractivity contribution in [2.24, 2.45) is 0 Å². The highest BCUT2D eigenvalue weighted by molar-refractivity contribution is 5.07. The fourth-order valence-corrected chi connectivity index (χ4v) is 2.13. The normalized spacial score (nSPS) is 26.2. The van der Waals surface area contributed by atoms with E-state index in [4.69, 9.17) is 0 Å². The highest BCUT2D eigenvalue weighted by atomic mass is 19.1. The molecule has 1 saturated heterocycles. The number of pyridine rings is 1. The van der Waals surface area contributed by atoms with Gasteiger partial charge in [0.1, 0.15) is 5.82 Å². The zero-order valence-corrected chi connectivity index (χ0v) is 9.78. The first-order valence-corrected chi connectivity index (χ1v) is 5.70. The van der Waals surface area contributed by atoms with Crippen LogP contribution in [0.2, 0.25) is 0 Å². The van der Waals surface area contributed by atoms with E-state index in [1.54, 1.807) is 12.3 Å². The molecule has 4 heteroatoms. The lowest BCUT2D eigenvalue weighted by atomic mass is 10.2. The molecule has 88 valence electrons. The number of hydrogen-bond donors (Lipinski definition) is 1. The maximum atomic E-state index is 13.3. The molecule has 0 spiro atoms. The molecule has 0 amide bonds. The van der Waals surface area contributed by atoms with Crippen molar-refractivity contribution in [2.45, 2.75) is 32.0 Å². The minimum absolute atomic E-state index is 0.227. The van der Waals surface area contributed by atoms with E-state index in [2.05, 4.69) is 29.2 Å². The molecule has 1 aliphatic heterocycles. The van der Waals surface area contributed by atoms with Crippen molar-refractivity contribution in [2.75, 3.05) is 13.6 Å². The third-order valence-corrected chi connectivity index (χ3v) is 3.28. The minimum atomic E-state index is -0.227. The topological polar surface area (TPSA) is 28.2 Å². The van der Waals surface area contributed by atoms with Gasteiger partial charge < -0.3 is 10.2 Å². The van der Waals surface area contributed by atoms with Crippen molar-refractivity contribution >= 4 is 0 Å². The van der Waals surface area contributed by atoms with Crippen LogP contribution in [0.3, 0.4) is 0 Å². The molecule has 2 heterocycles. The lowest BCUT2D eigenvalue weighted by molar-refractivity contribution is 0.326. The zero-order valence-electron chi connectivity index (χ0n) is 9.78. The van der Waals surface area contributed by atoms with Gasteiger partial charge in [0, 0.05) is 31.4 Å². The molecule has 0 aromatic carbocycles. The lowest BCUT2D eigenvalue weighted by Crippen LogP contribution is -2.31. The number of nitrogens with one attached hydrogen (secondary N) is 1. The number of aromatic nitrogens is 1. The van der Waals surface area contributed by atoms with Gasteiger partial charge in [0.25, 0.3) is 0 Å². The molecular weight excluding hydrogens is 205 g/mol. The smallest absolute Gasteiger partial charge is 0.146 e. The SMILES string of the molecule is CC1CC(NCc2ncccc2F)CN1C. The van der Waals surface area contributed by atoms with Crippen molar-refractivity contribution in [3.8, 4) is 0 Å². The maximum absolute atomic E-state index is 13.3. The van der Waals surface area contributed by atoms with E-state index < -0.39 is 0 Å². The molecule has 2 unspecified atom stereocenters. The summed E-state index contributed by atoms with van der Waals surface area (Å²) in [6.45, 7) is 3.75. The van der Waals surface area contributed by atoms with Crippen LogP contribution in [0.5, 0.6) is 0 Å². The Kier molecular flexibility index (Phi) is 3.51. The van der Waals surface area contributed by atoms with Crippen LogP contribution in [-0.2, 0) is 6.54 Å². The number of likely N-dealkylation sites (N-methyl/N-ethyl adjacent to an activating group) is 1. The molecule has 1 aromatic heterocycles. The molecule has 0 radical (unpaired) electrons. The van der Waals surface area contributed by atoms with Gasteiger partial charge in [0.2, 0.25) is 0 Å². The molecular formula is C12H18FN3. The van der Waals surface area contributed by atoms with Gasteiger partial charge in [0.15, 0.2) is 0 Å². The van der Waals surface area contributed by atoms with Gasteiger partial charge in [-0.15, -0.1) is 0 Å². The molecule has 0 saturated carbocycles. The third-order valence-electron chi connectivity index (χ3n) is 3.28. The maximum Gasteiger partial charge on any atom is 0.146 e. The number of rotatable bonds is 3. The molecule has 1 aliphatic rings. The van der Waals surface area contributed by atoms with E-state index in [9.17, 15) is 4.39 Å². The van der Waals surface area contributed by atoms with Gasteiger partial charge in [0.05, 0.1) is 5.69 Å². The third kappa shape index (κ3) is 2.57. The number of halogens is 1. The van der Waals surface area contributed by atoms with Gasteiger partial charge in [-0.2, -0.15) is 0 Å². The minimum Gasteiger partial charge on any atom is -0.307 e. The first-order valence-electron chi connectivity index (χ1n) is 5.70. The number of hydrogen-bond acceptors (Lipinski definition) is 3. The second-order valence-corrected chi connectivity index (χ2v) is 4.53. The Hall–Kier alpha value is -1.00. The average Bonchev–Trinajstić information content (AvgIpc) is 2.57. The molecule has 0 aliphatic carbocycles. The Morgan fingerprint density at radius 3 is 3.06 bits per heavy atom. The molecule has 1 N–H and O–H groups in total. The number of nitrogens with zero attached hydrogens (tertiary/aromatic N) is 2. The van der Waals surface area contributed by atoms with E-state index in [0.717, 1.165) is 13.0 Å². The predicted octanol–water partition coefficient (Wildman–Crippen LogP) is 1.40. The summed E-state index contributed by atoms with van der Waals surface area (Å²) in [4.78, 5) is 6.34. The summed E-state index contributed by atoms with van der Waals surface area (Å²) in [5.74, 6) is -0.227. The number of likely N-dealkylation sites (tertiary alicyclic amines) is 1. The Labute approximate surface area is 95.7 Å². The summed E-state index contributed by atoms with van der Waals surface area (Å²) in [6.07, 6.45) is 2.74. The molecule has 2 rings (SSSR count). The summed E-state index contributed by atoms with van der Waals surface area (Å²) in [7, 11) is 2.12. The fourth-order valence-electron chi connectivity index (χ4n) is 2.13. The summed E-state index contributed by atoms with van der Waals surface area (Å²) >= 11 is 0. The second kappa shape index (κ2) is 4.89. The van der Waals surface area contributed by atoms with Gasteiger partial charge in [-0.1, -0.05) is 0 Å². The van der Waals surface area contributed by atoms with Gasteiger partial charge in [-0.3, -0.25) is 4.98 Å². The quantitative estimate of drug-likeness (QED) is 0.839.